The number of aryl methyl sites for hydroxylation is 2. The van der Waals surface area contributed by atoms with E-state index in [4.69, 9.17) is 4.74 Å². The van der Waals surface area contributed by atoms with E-state index in [1.165, 1.54) is 0 Å². The molecule has 2 aromatic heterocycles. The molecule has 2 unspecified atom stereocenters. The molecule has 2 saturated heterocycles. The molecule has 1 N–H and O–H groups in total. The number of aromatic nitrogens is 2. The van der Waals surface area contributed by atoms with Crippen LogP contribution in [0.4, 0.5) is 10.5 Å². The van der Waals surface area contributed by atoms with Gasteiger partial charge in [0.05, 0.1) is 31.1 Å². The fourth-order valence-corrected chi connectivity index (χ4v) is 4.38. The molecule has 4 heterocycles. The van der Waals surface area contributed by atoms with Gasteiger partial charge >= 0.3 is 6.09 Å². The Morgan fingerprint density at radius 1 is 1.19 bits per heavy atom. The van der Waals surface area contributed by atoms with Crippen LogP contribution in [0.2, 0.25) is 0 Å². The number of anilines is 1. The summed E-state index contributed by atoms with van der Waals surface area (Å²) in [6, 6.07) is 6.19. The number of piperazine rings is 1. The number of fused-ring (bicyclic) bond motifs is 2. The summed E-state index contributed by atoms with van der Waals surface area (Å²) in [5.74, 6) is 1.60. The van der Waals surface area contributed by atoms with Crippen molar-refractivity contribution in [1.82, 2.24) is 14.5 Å². The number of carboxylic acid groups (broad SMARTS) is 1. The predicted molar refractivity (Wildman–Crippen MR) is 98.5 cm³/mol. The summed E-state index contributed by atoms with van der Waals surface area (Å²) in [5.41, 5.74) is 3.18. The third-order valence-electron chi connectivity index (χ3n) is 5.60. The topological polar surface area (TPSA) is 70.8 Å². The van der Waals surface area contributed by atoms with Crippen LogP contribution in [-0.2, 0) is 0 Å². The van der Waals surface area contributed by atoms with Crippen molar-refractivity contribution < 1.29 is 14.6 Å². The first-order valence-corrected chi connectivity index (χ1v) is 8.95. The molecular formula is C19H24N4O3. The average molecular weight is 356 g/mol. The quantitative estimate of drug-likeness (QED) is 0.916. The van der Waals surface area contributed by atoms with E-state index in [9.17, 15) is 9.90 Å². The molecule has 1 amide bonds. The Balaban J connectivity index is 1.65. The van der Waals surface area contributed by atoms with Gasteiger partial charge < -0.3 is 19.3 Å². The highest BCUT2D eigenvalue weighted by molar-refractivity contribution is 5.68. The summed E-state index contributed by atoms with van der Waals surface area (Å²) in [6.45, 7) is 5.47. The van der Waals surface area contributed by atoms with E-state index >= 15 is 0 Å². The highest BCUT2D eigenvalue weighted by Crippen LogP contribution is 2.37. The van der Waals surface area contributed by atoms with Gasteiger partial charge in [-0.15, -0.1) is 0 Å². The van der Waals surface area contributed by atoms with Crippen molar-refractivity contribution in [2.24, 2.45) is 0 Å². The first-order valence-electron chi connectivity index (χ1n) is 8.95. The minimum Gasteiger partial charge on any atom is -0.494 e. The Bertz CT molecular complexity index is 814. The van der Waals surface area contributed by atoms with E-state index in [1.807, 2.05) is 12.3 Å². The Morgan fingerprint density at radius 2 is 1.81 bits per heavy atom. The van der Waals surface area contributed by atoms with E-state index in [0.717, 1.165) is 41.5 Å². The molecule has 2 aliphatic rings. The number of carbonyl (C=O) groups is 1. The second-order valence-corrected chi connectivity index (χ2v) is 7.15. The van der Waals surface area contributed by atoms with Crippen LogP contribution in [0, 0.1) is 13.8 Å². The Labute approximate surface area is 152 Å². The number of amides is 1. The van der Waals surface area contributed by atoms with E-state index in [0.29, 0.717) is 13.1 Å². The first-order chi connectivity index (χ1) is 12.5. The smallest absolute Gasteiger partial charge is 0.407 e. The van der Waals surface area contributed by atoms with Crippen molar-refractivity contribution in [3.05, 3.63) is 35.8 Å². The van der Waals surface area contributed by atoms with Gasteiger partial charge in [0.15, 0.2) is 0 Å². The lowest BCUT2D eigenvalue weighted by molar-refractivity contribution is 0.114. The second-order valence-electron chi connectivity index (χ2n) is 7.15. The van der Waals surface area contributed by atoms with E-state index in [2.05, 4.69) is 40.4 Å². The summed E-state index contributed by atoms with van der Waals surface area (Å²) < 4.78 is 7.75. The summed E-state index contributed by atoms with van der Waals surface area (Å²) in [5, 5.41) is 9.44. The molecule has 7 heteroatoms. The molecule has 4 rings (SSSR count). The summed E-state index contributed by atoms with van der Waals surface area (Å²) >= 11 is 0. The lowest BCUT2D eigenvalue weighted by atomic mass is 10.1. The van der Waals surface area contributed by atoms with E-state index < -0.39 is 6.09 Å². The first kappa shape index (κ1) is 16.8. The highest BCUT2D eigenvalue weighted by Gasteiger charge is 2.43. The maximum Gasteiger partial charge on any atom is 0.407 e. The zero-order valence-corrected chi connectivity index (χ0v) is 15.3. The van der Waals surface area contributed by atoms with Gasteiger partial charge in [-0.3, -0.25) is 4.90 Å². The molecule has 0 aromatic carbocycles. The summed E-state index contributed by atoms with van der Waals surface area (Å²) in [6.07, 6.45) is 2.88. The number of hydrogen-bond donors (Lipinski definition) is 1. The maximum absolute atomic E-state index is 11.5. The zero-order chi connectivity index (χ0) is 18.4. The fourth-order valence-electron chi connectivity index (χ4n) is 4.38. The van der Waals surface area contributed by atoms with Crippen molar-refractivity contribution in [2.75, 3.05) is 25.1 Å². The molecule has 2 bridgehead atoms. The molecule has 0 saturated carbocycles. The number of ether oxygens (including phenoxy) is 1. The van der Waals surface area contributed by atoms with Crippen molar-refractivity contribution in [2.45, 2.75) is 38.8 Å². The van der Waals surface area contributed by atoms with Crippen LogP contribution in [0.25, 0.3) is 5.82 Å². The summed E-state index contributed by atoms with van der Waals surface area (Å²) in [4.78, 5) is 20.0. The number of rotatable bonds is 3. The van der Waals surface area contributed by atoms with Crippen LogP contribution in [0.5, 0.6) is 5.75 Å². The van der Waals surface area contributed by atoms with Gasteiger partial charge in [-0.1, -0.05) is 0 Å². The summed E-state index contributed by atoms with van der Waals surface area (Å²) in [7, 11) is 1.67. The molecule has 0 radical (unpaired) electrons. The van der Waals surface area contributed by atoms with E-state index in [1.54, 1.807) is 12.0 Å². The number of hydrogen-bond acceptors (Lipinski definition) is 4. The SMILES string of the molecule is COc1cc(-n2c(C)ccc2C)ncc1N1CC2CCC(C1)N2C(=O)O. The standard InChI is InChI=1S/C19H24N4O3/c1-12-4-5-13(2)22(12)18-8-17(26-3)16(9-20-18)21-10-14-6-7-15(11-21)23(14)19(24)25/h4-5,8-9,14-15H,6-7,10-11H2,1-3H3,(H,24,25). The minimum absolute atomic E-state index is 0.0459. The Morgan fingerprint density at radius 3 is 2.35 bits per heavy atom. The van der Waals surface area contributed by atoms with Crippen LogP contribution in [0.15, 0.2) is 24.4 Å². The number of pyridine rings is 1. The van der Waals surface area contributed by atoms with Crippen LogP contribution >= 0.6 is 0 Å². The van der Waals surface area contributed by atoms with Crippen LogP contribution in [0.3, 0.4) is 0 Å². The monoisotopic (exact) mass is 356 g/mol. The Hall–Kier alpha value is -2.70. The van der Waals surface area contributed by atoms with Gasteiger partial charge in [-0.25, -0.2) is 9.78 Å². The molecule has 26 heavy (non-hydrogen) atoms. The van der Waals surface area contributed by atoms with Crippen molar-refractivity contribution in [3.8, 4) is 11.6 Å². The lowest BCUT2D eigenvalue weighted by Crippen LogP contribution is -2.55. The van der Waals surface area contributed by atoms with E-state index in [-0.39, 0.29) is 12.1 Å². The Kier molecular flexibility index (Phi) is 4.01. The number of nitrogens with zero attached hydrogens (tertiary/aromatic N) is 4. The highest BCUT2D eigenvalue weighted by atomic mass is 16.5. The lowest BCUT2D eigenvalue weighted by Gasteiger charge is -2.40. The van der Waals surface area contributed by atoms with Crippen molar-refractivity contribution in [1.29, 1.82) is 0 Å². The molecule has 2 aliphatic heterocycles. The fraction of sp³-hybridized carbons (Fsp3) is 0.474. The third kappa shape index (κ3) is 2.58. The van der Waals surface area contributed by atoms with Gasteiger partial charge in [0.2, 0.25) is 0 Å². The normalized spacial score (nSPS) is 22.0. The molecule has 0 spiro atoms. The minimum atomic E-state index is -0.809. The molecule has 138 valence electrons. The van der Waals surface area contributed by atoms with Gasteiger partial charge in [0.1, 0.15) is 11.6 Å². The molecule has 2 atom stereocenters. The number of methoxy groups -OCH3 is 1. The van der Waals surface area contributed by atoms with Gasteiger partial charge in [-0.2, -0.15) is 0 Å². The van der Waals surface area contributed by atoms with Gasteiger partial charge in [0.25, 0.3) is 0 Å². The molecule has 7 nitrogen and oxygen atoms in total. The van der Waals surface area contributed by atoms with Gasteiger partial charge in [-0.05, 0) is 38.8 Å². The molecule has 2 aromatic rings. The van der Waals surface area contributed by atoms with Crippen LogP contribution < -0.4 is 9.64 Å². The maximum atomic E-state index is 11.5. The van der Waals surface area contributed by atoms with Crippen molar-refractivity contribution in [3.63, 3.8) is 0 Å². The molecule has 0 aliphatic carbocycles. The van der Waals surface area contributed by atoms with Gasteiger partial charge in [0, 0.05) is 30.5 Å². The zero-order valence-electron chi connectivity index (χ0n) is 15.3. The molecule has 2 fully saturated rings. The average Bonchev–Trinajstić information content (AvgIpc) is 3.10. The predicted octanol–water partition coefficient (Wildman–Crippen LogP) is 2.83. The van der Waals surface area contributed by atoms with Crippen LogP contribution in [0.1, 0.15) is 24.2 Å². The van der Waals surface area contributed by atoms with Crippen LogP contribution in [-0.4, -0.2) is 57.9 Å². The van der Waals surface area contributed by atoms with Crippen molar-refractivity contribution >= 4 is 11.8 Å². The molecular weight excluding hydrogens is 332 g/mol. The third-order valence-corrected chi connectivity index (χ3v) is 5.60. The largest absolute Gasteiger partial charge is 0.494 e. The second kappa shape index (κ2) is 6.23.